The molecular weight excluding hydrogens is 424 g/mol. The molecule has 0 amide bonds. The molecule has 31 heavy (non-hydrogen) atoms. The van der Waals surface area contributed by atoms with Crippen LogP contribution in [0.5, 0.6) is 5.75 Å². The highest BCUT2D eigenvalue weighted by molar-refractivity contribution is 7.89. The lowest BCUT2D eigenvalue weighted by molar-refractivity contribution is -0.386. The molecule has 0 spiro atoms. The van der Waals surface area contributed by atoms with Gasteiger partial charge in [-0.15, -0.1) is 0 Å². The van der Waals surface area contributed by atoms with Gasteiger partial charge in [-0.3, -0.25) is 14.9 Å². The molecule has 162 valence electrons. The highest BCUT2D eigenvalue weighted by Gasteiger charge is 2.30. The number of sulfonamides is 1. The van der Waals surface area contributed by atoms with E-state index >= 15 is 0 Å². The highest BCUT2D eigenvalue weighted by atomic mass is 32.2. The molecule has 1 aliphatic rings. The maximum absolute atomic E-state index is 12.7. The zero-order valence-corrected chi connectivity index (χ0v) is 17.5. The van der Waals surface area contributed by atoms with Crippen LogP contribution in [0.25, 0.3) is 10.9 Å². The topological polar surface area (TPSA) is 136 Å². The fourth-order valence-electron chi connectivity index (χ4n) is 3.52. The van der Waals surface area contributed by atoms with Gasteiger partial charge in [0.1, 0.15) is 0 Å². The Bertz CT molecular complexity index is 1310. The van der Waals surface area contributed by atoms with Crippen LogP contribution in [-0.2, 0) is 10.0 Å². The molecule has 10 nitrogen and oxygen atoms in total. The molecule has 0 radical (unpaired) electrons. The van der Waals surface area contributed by atoms with Crippen molar-refractivity contribution >= 4 is 26.6 Å². The van der Waals surface area contributed by atoms with Crippen LogP contribution in [0.2, 0.25) is 0 Å². The third-order valence-electron chi connectivity index (χ3n) is 5.15. The lowest BCUT2D eigenvalue weighted by Crippen LogP contribution is -2.27. The second kappa shape index (κ2) is 8.08. The van der Waals surface area contributed by atoms with Gasteiger partial charge in [0.05, 0.1) is 20.7 Å². The van der Waals surface area contributed by atoms with Gasteiger partial charge in [-0.25, -0.2) is 13.4 Å². The molecule has 1 saturated heterocycles. The largest absolute Gasteiger partial charge is 0.476 e. The number of benzene rings is 2. The first-order valence-corrected chi connectivity index (χ1v) is 11.2. The van der Waals surface area contributed by atoms with Gasteiger partial charge in [-0.2, -0.15) is 4.31 Å². The Kier molecular flexibility index (Phi) is 5.46. The summed E-state index contributed by atoms with van der Waals surface area (Å²) in [7, 11) is -3.81. The number of rotatable bonds is 6. The molecule has 2 heterocycles. The van der Waals surface area contributed by atoms with Crippen LogP contribution in [0.3, 0.4) is 0 Å². The molecule has 1 atom stereocenters. The fourth-order valence-corrected chi connectivity index (χ4v) is 5.06. The van der Waals surface area contributed by atoms with Crippen LogP contribution >= 0.6 is 0 Å². The summed E-state index contributed by atoms with van der Waals surface area (Å²) in [4.78, 5) is 30.0. The second-order valence-electron chi connectivity index (χ2n) is 7.23. The van der Waals surface area contributed by atoms with Crippen molar-refractivity contribution in [3.8, 4) is 5.75 Å². The van der Waals surface area contributed by atoms with E-state index in [2.05, 4.69) is 9.97 Å². The van der Waals surface area contributed by atoms with Gasteiger partial charge < -0.3 is 9.72 Å². The van der Waals surface area contributed by atoms with E-state index in [1.807, 2.05) is 0 Å². The van der Waals surface area contributed by atoms with Crippen molar-refractivity contribution in [3.05, 3.63) is 68.8 Å². The van der Waals surface area contributed by atoms with E-state index in [1.165, 1.54) is 16.4 Å². The quantitative estimate of drug-likeness (QED) is 0.456. The first kappa shape index (κ1) is 20.9. The third kappa shape index (κ3) is 4.01. The van der Waals surface area contributed by atoms with Crippen LogP contribution in [0.4, 0.5) is 5.69 Å². The highest BCUT2D eigenvalue weighted by Crippen LogP contribution is 2.34. The Morgan fingerprint density at radius 1 is 1.19 bits per heavy atom. The molecule has 1 unspecified atom stereocenters. The molecule has 11 heteroatoms. The zero-order chi connectivity index (χ0) is 22.2. The predicted octanol–water partition coefficient (Wildman–Crippen LogP) is 2.76. The maximum Gasteiger partial charge on any atom is 0.312 e. The molecule has 4 rings (SSSR count). The number of nitro groups is 1. The predicted molar refractivity (Wildman–Crippen MR) is 112 cm³/mol. The van der Waals surface area contributed by atoms with Crippen LogP contribution in [-0.4, -0.2) is 40.7 Å². The average Bonchev–Trinajstić information content (AvgIpc) is 3.29. The van der Waals surface area contributed by atoms with E-state index in [9.17, 15) is 23.3 Å². The lowest BCUT2D eigenvalue weighted by Gasteiger charge is -2.17. The fraction of sp³-hybridized carbons (Fsp3) is 0.300. The van der Waals surface area contributed by atoms with Crippen molar-refractivity contribution in [2.75, 3.05) is 13.1 Å². The van der Waals surface area contributed by atoms with Gasteiger partial charge in [0.15, 0.2) is 17.7 Å². The molecule has 0 bridgehead atoms. The van der Waals surface area contributed by atoms with Gasteiger partial charge in [0, 0.05) is 19.2 Å². The van der Waals surface area contributed by atoms with E-state index in [-0.39, 0.29) is 22.0 Å². The summed E-state index contributed by atoms with van der Waals surface area (Å²) < 4.78 is 32.5. The molecule has 0 saturated carbocycles. The van der Waals surface area contributed by atoms with Crippen LogP contribution in [0, 0.1) is 10.1 Å². The smallest absolute Gasteiger partial charge is 0.312 e. The number of ether oxygens (including phenoxy) is 1. The number of aromatic nitrogens is 2. The monoisotopic (exact) mass is 444 g/mol. The zero-order valence-electron chi connectivity index (χ0n) is 16.6. The minimum absolute atomic E-state index is 0.117. The molecule has 1 aromatic heterocycles. The molecule has 1 N–H and O–H groups in total. The second-order valence-corrected chi connectivity index (χ2v) is 9.16. The Morgan fingerprint density at radius 3 is 2.61 bits per heavy atom. The van der Waals surface area contributed by atoms with Gasteiger partial charge in [0.2, 0.25) is 10.0 Å². The first-order chi connectivity index (χ1) is 14.8. The number of fused-ring (bicyclic) bond motifs is 1. The summed E-state index contributed by atoms with van der Waals surface area (Å²) in [5.74, 6) is 0.0837. The lowest BCUT2D eigenvalue weighted by atomic mass is 10.2. The number of para-hydroxylation sites is 1. The SMILES string of the molecule is CC(Oc1ccc(S(=O)(=O)N2CCCC2)cc1[N+](=O)[O-])c1nc2ccccc2c(=O)[nH]1. The Hall–Kier alpha value is -3.31. The first-order valence-electron chi connectivity index (χ1n) is 9.71. The Morgan fingerprint density at radius 2 is 1.90 bits per heavy atom. The minimum Gasteiger partial charge on any atom is -0.476 e. The number of hydrogen-bond acceptors (Lipinski definition) is 7. The number of aromatic amines is 1. The van der Waals surface area contributed by atoms with Gasteiger partial charge in [-0.05, 0) is 44.0 Å². The van der Waals surface area contributed by atoms with E-state index in [0.29, 0.717) is 24.0 Å². The van der Waals surface area contributed by atoms with Crippen LogP contribution < -0.4 is 10.3 Å². The summed E-state index contributed by atoms with van der Waals surface area (Å²) >= 11 is 0. The van der Waals surface area contributed by atoms with Crippen molar-refractivity contribution in [2.24, 2.45) is 0 Å². The molecule has 3 aromatic rings. The molecule has 0 aliphatic carbocycles. The summed E-state index contributed by atoms with van der Waals surface area (Å²) in [6, 6.07) is 10.3. The van der Waals surface area contributed by atoms with Crippen molar-refractivity contribution in [3.63, 3.8) is 0 Å². The summed E-state index contributed by atoms with van der Waals surface area (Å²) in [5.41, 5.74) is -0.355. The number of nitrogens with zero attached hydrogens (tertiary/aromatic N) is 3. The van der Waals surface area contributed by atoms with Crippen molar-refractivity contribution in [2.45, 2.75) is 30.8 Å². The minimum atomic E-state index is -3.81. The van der Waals surface area contributed by atoms with Crippen molar-refractivity contribution in [1.82, 2.24) is 14.3 Å². The summed E-state index contributed by atoms with van der Waals surface area (Å²) in [6.45, 7) is 2.38. The van der Waals surface area contributed by atoms with Crippen LogP contribution in [0.15, 0.2) is 52.2 Å². The number of nitrogens with one attached hydrogen (secondary N) is 1. The third-order valence-corrected chi connectivity index (χ3v) is 7.04. The van der Waals surface area contributed by atoms with E-state index in [0.717, 1.165) is 18.9 Å². The molecule has 1 aliphatic heterocycles. The average molecular weight is 444 g/mol. The Balaban J connectivity index is 1.67. The maximum atomic E-state index is 12.7. The standard InChI is InChI=1S/C20H20N4O6S/c1-13(19-21-16-7-3-2-6-15(16)20(25)22-19)30-18-9-8-14(12-17(18)24(26)27)31(28,29)23-10-4-5-11-23/h2-3,6-9,12-13H,4-5,10-11H2,1H3,(H,21,22,25). The summed E-state index contributed by atoms with van der Waals surface area (Å²) in [6.07, 6.45) is 0.700. The normalized spacial score (nSPS) is 15.8. The van der Waals surface area contributed by atoms with Gasteiger partial charge >= 0.3 is 5.69 Å². The number of nitro benzene ring substituents is 1. The van der Waals surface area contributed by atoms with E-state index in [1.54, 1.807) is 31.2 Å². The van der Waals surface area contributed by atoms with Crippen molar-refractivity contribution in [1.29, 1.82) is 0 Å². The molecule has 2 aromatic carbocycles. The molecular formula is C20H20N4O6S. The van der Waals surface area contributed by atoms with E-state index in [4.69, 9.17) is 4.74 Å². The van der Waals surface area contributed by atoms with Crippen molar-refractivity contribution < 1.29 is 18.1 Å². The van der Waals surface area contributed by atoms with Gasteiger partial charge in [0.25, 0.3) is 5.56 Å². The van der Waals surface area contributed by atoms with E-state index < -0.39 is 26.7 Å². The Labute approximate surface area is 177 Å². The van der Waals surface area contributed by atoms with Gasteiger partial charge in [-0.1, -0.05) is 12.1 Å². The number of hydrogen-bond donors (Lipinski definition) is 1. The summed E-state index contributed by atoms with van der Waals surface area (Å²) in [5, 5.41) is 12.0. The number of H-pyrrole nitrogens is 1. The molecule has 1 fully saturated rings. The van der Waals surface area contributed by atoms with Crippen LogP contribution in [0.1, 0.15) is 31.7 Å².